The lowest BCUT2D eigenvalue weighted by atomic mass is 9.99. The number of likely N-dealkylation sites (tertiary alicyclic amines) is 1. The molecule has 28 heavy (non-hydrogen) atoms. The highest BCUT2D eigenvalue weighted by Crippen LogP contribution is 2.38. The van der Waals surface area contributed by atoms with Gasteiger partial charge in [0.15, 0.2) is 0 Å². The second kappa shape index (κ2) is 7.73. The zero-order chi connectivity index (χ0) is 19.7. The van der Waals surface area contributed by atoms with Crippen molar-refractivity contribution in [2.75, 3.05) is 24.2 Å². The number of fused-ring (bicyclic) bond motifs is 2. The molecular formula is C20H27N3O4S. The molecule has 2 aliphatic carbocycles. The minimum Gasteiger partial charge on any atom is -0.343 e. The molecule has 1 aromatic rings. The van der Waals surface area contributed by atoms with E-state index in [1.54, 1.807) is 4.90 Å². The van der Waals surface area contributed by atoms with Crippen molar-refractivity contribution in [2.24, 2.45) is 0 Å². The van der Waals surface area contributed by atoms with Crippen LogP contribution in [0.1, 0.15) is 54.4 Å². The van der Waals surface area contributed by atoms with Gasteiger partial charge >= 0.3 is 6.03 Å². The molecule has 0 atom stereocenters. The standard InChI is InChI=1S/C20H27N3O4S/c24-18(23-10-1-2-11-23)9-12-28(26,27)22-20(25)21-19-16-7-3-5-14(16)13-15-6-4-8-17(15)19/h13H,1-12H2,(H2,21,22,25). The predicted octanol–water partition coefficient (Wildman–Crippen LogP) is 2.13. The van der Waals surface area contributed by atoms with Crippen molar-refractivity contribution in [3.8, 4) is 0 Å². The number of rotatable bonds is 5. The second-order valence-electron chi connectivity index (χ2n) is 7.95. The Morgan fingerprint density at radius 1 is 0.929 bits per heavy atom. The van der Waals surface area contributed by atoms with Crippen LogP contribution in [0.3, 0.4) is 0 Å². The summed E-state index contributed by atoms with van der Waals surface area (Å²) in [6.45, 7) is 1.38. The summed E-state index contributed by atoms with van der Waals surface area (Å²) in [5.74, 6) is -0.539. The highest BCUT2D eigenvalue weighted by atomic mass is 32.2. The molecule has 7 nitrogen and oxygen atoms in total. The molecule has 0 saturated carbocycles. The molecule has 0 unspecified atom stereocenters. The molecule has 152 valence electrons. The van der Waals surface area contributed by atoms with Gasteiger partial charge in [-0.3, -0.25) is 4.79 Å². The number of hydrogen-bond acceptors (Lipinski definition) is 4. The first-order valence-electron chi connectivity index (χ1n) is 10.2. The molecule has 1 fully saturated rings. The van der Waals surface area contributed by atoms with E-state index in [2.05, 4.69) is 16.1 Å². The molecule has 1 saturated heterocycles. The van der Waals surface area contributed by atoms with E-state index in [1.165, 1.54) is 11.1 Å². The average Bonchev–Trinajstić information content (AvgIpc) is 3.39. The van der Waals surface area contributed by atoms with E-state index < -0.39 is 16.1 Å². The zero-order valence-electron chi connectivity index (χ0n) is 16.1. The molecule has 1 aromatic carbocycles. The van der Waals surface area contributed by atoms with E-state index in [9.17, 15) is 18.0 Å². The van der Waals surface area contributed by atoms with Gasteiger partial charge < -0.3 is 10.2 Å². The number of nitrogens with zero attached hydrogens (tertiary/aromatic N) is 1. The number of carbonyl (C=O) groups is 2. The van der Waals surface area contributed by atoms with Crippen LogP contribution in [0.4, 0.5) is 10.5 Å². The maximum Gasteiger partial charge on any atom is 0.332 e. The van der Waals surface area contributed by atoms with E-state index in [-0.39, 0.29) is 18.1 Å². The van der Waals surface area contributed by atoms with Gasteiger partial charge in [0.05, 0.1) is 5.75 Å². The number of nitrogens with one attached hydrogen (secondary N) is 2. The summed E-state index contributed by atoms with van der Waals surface area (Å²) in [5.41, 5.74) is 5.66. The minimum atomic E-state index is -3.86. The van der Waals surface area contributed by atoms with Crippen molar-refractivity contribution in [3.63, 3.8) is 0 Å². The lowest BCUT2D eigenvalue weighted by molar-refractivity contribution is -0.129. The average molecular weight is 406 g/mol. The van der Waals surface area contributed by atoms with Crippen LogP contribution >= 0.6 is 0 Å². The fourth-order valence-electron chi connectivity index (χ4n) is 4.64. The van der Waals surface area contributed by atoms with Crippen molar-refractivity contribution in [1.82, 2.24) is 9.62 Å². The van der Waals surface area contributed by atoms with Crippen LogP contribution in [0.25, 0.3) is 0 Å². The van der Waals surface area contributed by atoms with E-state index in [0.717, 1.165) is 68.2 Å². The van der Waals surface area contributed by atoms with Gasteiger partial charge in [-0.2, -0.15) is 0 Å². The van der Waals surface area contributed by atoms with Crippen molar-refractivity contribution in [2.45, 2.75) is 57.8 Å². The summed E-state index contributed by atoms with van der Waals surface area (Å²) in [7, 11) is -3.86. The van der Waals surface area contributed by atoms with E-state index in [1.807, 2.05) is 0 Å². The fourth-order valence-corrected chi connectivity index (χ4v) is 5.52. The van der Waals surface area contributed by atoms with Gasteiger partial charge in [-0.1, -0.05) is 6.07 Å². The number of carbonyl (C=O) groups excluding carboxylic acids is 2. The second-order valence-corrected chi connectivity index (χ2v) is 9.79. The zero-order valence-corrected chi connectivity index (χ0v) is 16.9. The third-order valence-electron chi connectivity index (χ3n) is 6.00. The molecule has 1 aliphatic heterocycles. The molecule has 0 aromatic heterocycles. The Morgan fingerprint density at radius 2 is 1.54 bits per heavy atom. The van der Waals surface area contributed by atoms with E-state index in [4.69, 9.17) is 0 Å². The van der Waals surface area contributed by atoms with Crippen molar-refractivity contribution in [1.29, 1.82) is 0 Å². The summed E-state index contributed by atoms with van der Waals surface area (Å²) in [5, 5.41) is 2.82. The SMILES string of the molecule is O=C(Nc1c2c(cc3c1CCC3)CCC2)NS(=O)(=O)CCC(=O)N1CCCC1. The minimum absolute atomic E-state index is 0.0985. The van der Waals surface area contributed by atoms with E-state index in [0.29, 0.717) is 13.1 Å². The Bertz CT molecular complexity index is 872. The lowest BCUT2D eigenvalue weighted by Crippen LogP contribution is -2.38. The maximum absolute atomic E-state index is 12.4. The Kier molecular flexibility index (Phi) is 5.31. The molecule has 8 heteroatoms. The predicted molar refractivity (Wildman–Crippen MR) is 107 cm³/mol. The molecule has 1 heterocycles. The lowest BCUT2D eigenvalue weighted by Gasteiger charge is -2.17. The maximum atomic E-state index is 12.4. The smallest absolute Gasteiger partial charge is 0.332 e. The topological polar surface area (TPSA) is 95.6 Å². The first kappa shape index (κ1) is 19.2. The third-order valence-corrected chi connectivity index (χ3v) is 7.24. The van der Waals surface area contributed by atoms with Gasteiger partial charge in [-0.05, 0) is 73.6 Å². The van der Waals surface area contributed by atoms with Gasteiger partial charge in [0.25, 0.3) is 0 Å². The van der Waals surface area contributed by atoms with Crippen LogP contribution in [-0.2, 0) is 40.5 Å². The number of urea groups is 1. The fraction of sp³-hybridized carbons (Fsp3) is 0.600. The van der Waals surface area contributed by atoms with Gasteiger partial charge in [0.2, 0.25) is 15.9 Å². The summed E-state index contributed by atoms with van der Waals surface area (Å²) >= 11 is 0. The van der Waals surface area contributed by atoms with Crippen LogP contribution < -0.4 is 10.0 Å². The van der Waals surface area contributed by atoms with E-state index >= 15 is 0 Å². The number of benzene rings is 1. The Labute approximate surface area is 165 Å². The largest absolute Gasteiger partial charge is 0.343 e. The van der Waals surface area contributed by atoms with Crippen molar-refractivity contribution < 1.29 is 18.0 Å². The van der Waals surface area contributed by atoms with Gasteiger partial charge in [-0.25, -0.2) is 17.9 Å². The number of amides is 3. The number of anilines is 1. The van der Waals surface area contributed by atoms with Gasteiger partial charge in [0, 0.05) is 25.2 Å². The van der Waals surface area contributed by atoms with Crippen LogP contribution in [0, 0.1) is 0 Å². The van der Waals surface area contributed by atoms with Gasteiger partial charge in [-0.15, -0.1) is 0 Å². The number of aryl methyl sites for hydroxylation is 2. The van der Waals surface area contributed by atoms with Crippen molar-refractivity contribution >= 4 is 27.6 Å². The number of sulfonamides is 1. The first-order chi connectivity index (χ1) is 13.4. The molecule has 3 amide bonds. The van der Waals surface area contributed by atoms with Crippen LogP contribution in [0.5, 0.6) is 0 Å². The van der Waals surface area contributed by atoms with Crippen LogP contribution in [-0.4, -0.2) is 44.1 Å². The highest BCUT2D eigenvalue weighted by Gasteiger charge is 2.26. The highest BCUT2D eigenvalue weighted by molar-refractivity contribution is 7.90. The third kappa shape index (κ3) is 4.01. The quantitative estimate of drug-likeness (QED) is 0.784. The Hall–Kier alpha value is -2.09. The van der Waals surface area contributed by atoms with Crippen LogP contribution in [0.15, 0.2) is 6.07 Å². The van der Waals surface area contributed by atoms with Crippen LogP contribution in [0.2, 0.25) is 0 Å². The Morgan fingerprint density at radius 3 is 2.14 bits per heavy atom. The van der Waals surface area contributed by atoms with Gasteiger partial charge in [0.1, 0.15) is 0 Å². The molecule has 2 N–H and O–H groups in total. The Balaban J connectivity index is 1.40. The molecule has 0 spiro atoms. The summed E-state index contributed by atoms with van der Waals surface area (Å²) in [6, 6.07) is 1.53. The first-order valence-corrected chi connectivity index (χ1v) is 11.8. The normalized spacial score (nSPS) is 18.1. The summed E-state index contributed by atoms with van der Waals surface area (Å²) < 4.78 is 26.6. The van der Waals surface area contributed by atoms with Crippen molar-refractivity contribution in [3.05, 3.63) is 28.3 Å². The molecule has 0 bridgehead atoms. The summed E-state index contributed by atoms with van der Waals surface area (Å²) in [6.07, 6.45) is 7.79. The molecular weight excluding hydrogens is 378 g/mol. The molecule has 3 aliphatic rings. The number of hydrogen-bond donors (Lipinski definition) is 2. The monoisotopic (exact) mass is 405 g/mol. The summed E-state index contributed by atoms with van der Waals surface area (Å²) in [4.78, 5) is 26.2. The molecule has 4 rings (SSSR count). The molecule has 0 radical (unpaired) electrons.